The highest BCUT2D eigenvalue weighted by Crippen LogP contribution is 2.18. The molecule has 0 bridgehead atoms. The van der Waals surface area contributed by atoms with Crippen LogP contribution >= 0.6 is 0 Å². The molecule has 2 aliphatic rings. The minimum absolute atomic E-state index is 0.328. The van der Waals surface area contributed by atoms with Crippen molar-refractivity contribution in [1.82, 2.24) is 10.2 Å². The van der Waals surface area contributed by atoms with E-state index in [1.165, 1.54) is 45.3 Å². The first-order valence-corrected chi connectivity index (χ1v) is 6.81. The van der Waals surface area contributed by atoms with Gasteiger partial charge < -0.3 is 15.0 Å². The van der Waals surface area contributed by atoms with Crippen molar-refractivity contribution in [2.75, 3.05) is 32.8 Å². The molecule has 2 aliphatic heterocycles. The molecule has 0 aliphatic carbocycles. The Bertz CT molecular complexity index is 216. The van der Waals surface area contributed by atoms with Crippen LogP contribution in [0.4, 0.5) is 0 Å². The normalized spacial score (nSPS) is 36.8. The largest absolute Gasteiger partial charge is 0.378 e. The number of nitrogens with zero attached hydrogens (tertiary/aromatic N) is 1. The van der Waals surface area contributed by atoms with Crippen molar-refractivity contribution in [2.45, 2.75) is 51.2 Å². The Hall–Kier alpha value is -0.120. The summed E-state index contributed by atoms with van der Waals surface area (Å²) in [5, 5.41) is 3.63. The zero-order valence-electron chi connectivity index (χ0n) is 10.8. The first kappa shape index (κ1) is 12.3. The molecule has 2 fully saturated rings. The predicted molar refractivity (Wildman–Crippen MR) is 66.7 cm³/mol. The summed E-state index contributed by atoms with van der Waals surface area (Å²) in [6.07, 6.45) is 5.52. The molecule has 0 aromatic heterocycles. The van der Waals surface area contributed by atoms with Gasteiger partial charge in [0, 0.05) is 38.3 Å². The molecular formula is C13H26N2O. The quantitative estimate of drug-likeness (QED) is 0.788. The third-order valence-electron chi connectivity index (χ3n) is 4.12. The fourth-order valence-corrected chi connectivity index (χ4v) is 2.77. The third kappa shape index (κ3) is 3.19. The molecule has 2 saturated heterocycles. The lowest BCUT2D eigenvalue weighted by Gasteiger charge is -2.41. The van der Waals surface area contributed by atoms with Crippen molar-refractivity contribution in [3.8, 4) is 0 Å². The fourth-order valence-electron chi connectivity index (χ4n) is 2.77. The van der Waals surface area contributed by atoms with Gasteiger partial charge in [-0.25, -0.2) is 0 Å². The molecule has 0 spiro atoms. The van der Waals surface area contributed by atoms with Gasteiger partial charge in [0.1, 0.15) is 0 Å². The van der Waals surface area contributed by atoms with Gasteiger partial charge in [-0.15, -0.1) is 0 Å². The van der Waals surface area contributed by atoms with Gasteiger partial charge >= 0.3 is 0 Å². The number of rotatable bonds is 4. The van der Waals surface area contributed by atoms with E-state index in [0.29, 0.717) is 11.6 Å². The van der Waals surface area contributed by atoms with E-state index in [-0.39, 0.29) is 0 Å². The Balaban J connectivity index is 1.72. The van der Waals surface area contributed by atoms with Gasteiger partial charge in [-0.3, -0.25) is 0 Å². The van der Waals surface area contributed by atoms with Crippen LogP contribution in [-0.2, 0) is 4.74 Å². The topological polar surface area (TPSA) is 24.5 Å². The molecule has 16 heavy (non-hydrogen) atoms. The molecule has 0 aromatic rings. The summed E-state index contributed by atoms with van der Waals surface area (Å²) < 4.78 is 5.68. The molecular weight excluding hydrogens is 200 g/mol. The maximum atomic E-state index is 5.68. The summed E-state index contributed by atoms with van der Waals surface area (Å²) in [6.45, 7) is 10.3. The molecule has 1 N–H and O–H groups in total. The van der Waals surface area contributed by atoms with Crippen molar-refractivity contribution < 1.29 is 4.74 Å². The van der Waals surface area contributed by atoms with Crippen LogP contribution < -0.4 is 5.32 Å². The van der Waals surface area contributed by atoms with E-state index in [4.69, 9.17) is 4.74 Å². The maximum Gasteiger partial charge on any atom is 0.0588 e. The SMILES string of the molecule is CCC1(C)CN(CCC2CCCO2)CCN1. The van der Waals surface area contributed by atoms with Gasteiger partial charge in [0.15, 0.2) is 0 Å². The maximum absolute atomic E-state index is 5.68. The Kier molecular flexibility index (Phi) is 4.22. The second-order valence-corrected chi connectivity index (χ2v) is 5.54. The van der Waals surface area contributed by atoms with Crippen LogP contribution in [0.25, 0.3) is 0 Å². The van der Waals surface area contributed by atoms with Crippen LogP contribution in [-0.4, -0.2) is 49.3 Å². The van der Waals surface area contributed by atoms with Gasteiger partial charge in [-0.05, 0) is 32.6 Å². The van der Waals surface area contributed by atoms with E-state index in [1.807, 2.05) is 0 Å². The van der Waals surface area contributed by atoms with Crippen molar-refractivity contribution >= 4 is 0 Å². The standard InChI is InChI=1S/C13H26N2O/c1-3-13(2)11-15(9-7-14-13)8-6-12-5-4-10-16-12/h12,14H,3-11H2,1-2H3. The lowest BCUT2D eigenvalue weighted by Crippen LogP contribution is -2.58. The zero-order valence-corrected chi connectivity index (χ0v) is 10.8. The second kappa shape index (κ2) is 5.48. The van der Waals surface area contributed by atoms with Gasteiger partial charge in [-0.2, -0.15) is 0 Å². The minimum atomic E-state index is 0.328. The van der Waals surface area contributed by atoms with Crippen molar-refractivity contribution in [1.29, 1.82) is 0 Å². The molecule has 2 rings (SSSR count). The van der Waals surface area contributed by atoms with E-state index < -0.39 is 0 Å². The molecule has 2 heterocycles. The van der Waals surface area contributed by atoms with Crippen LogP contribution in [0.2, 0.25) is 0 Å². The summed E-state index contributed by atoms with van der Waals surface area (Å²) >= 11 is 0. The summed E-state index contributed by atoms with van der Waals surface area (Å²) in [7, 11) is 0. The fraction of sp³-hybridized carbons (Fsp3) is 1.00. The Morgan fingerprint density at radius 3 is 3.06 bits per heavy atom. The third-order valence-corrected chi connectivity index (χ3v) is 4.12. The molecule has 2 atom stereocenters. The molecule has 3 heteroatoms. The monoisotopic (exact) mass is 226 g/mol. The lowest BCUT2D eigenvalue weighted by molar-refractivity contribution is 0.0774. The zero-order chi connectivity index (χ0) is 11.4. The Labute approximate surface area is 99.5 Å². The predicted octanol–water partition coefficient (Wildman–Crippen LogP) is 1.63. The van der Waals surface area contributed by atoms with Crippen LogP contribution in [0.5, 0.6) is 0 Å². The number of hydrogen-bond donors (Lipinski definition) is 1. The molecule has 94 valence electrons. The highest BCUT2D eigenvalue weighted by molar-refractivity contribution is 4.89. The number of nitrogens with one attached hydrogen (secondary N) is 1. The smallest absolute Gasteiger partial charge is 0.0588 e. The van der Waals surface area contributed by atoms with E-state index in [0.717, 1.165) is 13.2 Å². The molecule has 0 amide bonds. The lowest BCUT2D eigenvalue weighted by atomic mass is 9.95. The van der Waals surface area contributed by atoms with Crippen LogP contribution in [0.1, 0.15) is 39.5 Å². The van der Waals surface area contributed by atoms with E-state index in [2.05, 4.69) is 24.1 Å². The average molecular weight is 226 g/mol. The van der Waals surface area contributed by atoms with E-state index >= 15 is 0 Å². The summed E-state index contributed by atoms with van der Waals surface area (Å²) in [4.78, 5) is 2.60. The summed E-state index contributed by atoms with van der Waals surface area (Å²) in [5.41, 5.74) is 0.328. The Morgan fingerprint density at radius 1 is 1.50 bits per heavy atom. The molecule has 0 saturated carbocycles. The minimum Gasteiger partial charge on any atom is -0.378 e. The van der Waals surface area contributed by atoms with Crippen molar-refractivity contribution in [3.05, 3.63) is 0 Å². The van der Waals surface area contributed by atoms with E-state index in [1.54, 1.807) is 0 Å². The van der Waals surface area contributed by atoms with Gasteiger partial charge in [0.05, 0.1) is 6.10 Å². The summed E-state index contributed by atoms with van der Waals surface area (Å²) in [6, 6.07) is 0. The van der Waals surface area contributed by atoms with Crippen LogP contribution in [0, 0.1) is 0 Å². The van der Waals surface area contributed by atoms with Crippen LogP contribution in [0.3, 0.4) is 0 Å². The van der Waals surface area contributed by atoms with Crippen LogP contribution in [0.15, 0.2) is 0 Å². The first-order chi connectivity index (χ1) is 7.72. The van der Waals surface area contributed by atoms with Gasteiger partial charge in [-0.1, -0.05) is 6.92 Å². The van der Waals surface area contributed by atoms with Gasteiger partial charge in [0.2, 0.25) is 0 Å². The van der Waals surface area contributed by atoms with Crippen molar-refractivity contribution in [2.24, 2.45) is 0 Å². The molecule has 0 radical (unpaired) electrons. The summed E-state index contributed by atoms with van der Waals surface area (Å²) in [5.74, 6) is 0. The number of ether oxygens (including phenoxy) is 1. The van der Waals surface area contributed by atoms with Gasteiger partial charge in [0.25, 0.3) is 0 Å². The number of hydrogen-bond acceptors (Lipinski definition) is 3. The number of piperazine rings is 1. The molecule has 2 unspecified atom stereocenters. The molecule has 0 aromatic carbocycles. The second-order valence-electron chi connectivity index (χ2n) is 5.54. The highest BCUT2D eigenvalue weighted by atomic mass is 16.5. The molecule has 3 nitrogen and oxygen atoms in total. The Morgan fingerprint density at radius 2 is 2.38 bits per heavy atom. The highest BCUT2D eigenvalue weighted by Gasteiger charge is 2.28. The average Bonchev–Trinajstić information content (AvgIpc) is 2.80. The van der Waals surface area contributed by atoms with E-state index in [9.17, 15) is 0 Å². The van der Waals surface area contributed by atoms with Crippen molar-refractivity contribution in [3.63, 3.8) is 0 Å². The first-order valence-electron chi connectivity index (χ1n) is 6.81.